The molecule has 4 heteroatoms. The molecule has 118 valence electrons. The maximum atomic E-state index is 12.1. The summed E-state index contributed by atoms with van der Waals surface area (Å²) in [6, 6.07) is 7.74. The predicted molar refractivity (Wildman–Crippen MR) is 84.4 cm³/mol. The van der Waals surface area contributed by atoms with Crippen molar-refractivity contribution in [2.75, 3.05) is 6.54 Å². The summed E-state index contributed by atoms with van der Waals surface area (Å²) in [5.41, 5.74) is 5.16. The molecule has 0 aliphatic carbocycles. The highest BCUT2D eigenvalue weighted by atomic mass is 16.6. The van der Waals surface area contributed by atoms with Crippen LogP contribution in [0.4, 0.5) is 0 Å². The lowest BCUT2D eigenvalue weighted by Crippen LogP contribution is -2.43. The SMILES string of the molecule is CC(C)(C)OC(=O)C(C)(C)Oc1ccc(CCCN)cc1. The molecule has 0 spiro atoms. The minimum Gasteiger partial charge on any atom is -0.476 e. The van der Waals surface area contributed by atoms with Gasteiger partial charge in [-0.25, -0.2) is 4.79 Å². The molecule has 1 aromatic rings. The lowest BCUT2D eigenvalue weighted by molar-refractivity contribution is -0.170. The highest BCUT2D eigenvalue weighted by Crippen LogP contribution is 2.22. The third-order valence-electron chi connectivity index (χ3n) is 2.86. The Morgan fingerprint density at radius 3 is 2.14 bits per heavy atom. The Bertz CT molecular complexity index is 458. The molecule has 1 rings (SSSR count). The number of nitrogens with two attached hydrogens (primary N) is 1. The highest BCUT2D eigenvalue weighted by Gasteiger charge is 2.34. The minimum absolute atomic E-state index is 0.373. The van der Waals surface area contributed by atoms with Crippen molar-refractivity contribution in [1.29, 1.82) is 0 Å². The minimum atomic E-state index is -1.02. The van der Waals surface area contributed by atoms with Crippen LogP contribution in [0.5, 0.6) is 5.75 Å². The number of benzene rings is 1. The van der Waals surface area contributed by atoms with Crippen molar-refractivity contribution >= 4 is 5.97 Å². The molecule has 0 amide bonds. The van der Waals surface area contributed by atoms with Crippen LogP contribution in [0.25, 0.3) is 0 Å². The summed E-state index contributed by atoms with van der Waals surface area (Å²) in [4.78, 5) is 12.1. The zero-order valence-corrected chi connectivity index (χ0v) is 13.7. The Balaban J connectivity index is 2.68. The first-order chi connectivity index (χ1) is 9.64. The molecule has 0 atom stereocenters. The molecule has 0 unspecified atom stereocenters. The van der Waals surface area contributed by atoms with E-state index in [1.807, 2.05) is 45.0 Å². The first kappa shape index (κ1) is 17.5. The van der Waals surface area contributed by atoms with E-state index in [-0.39, 0.29) is 5.97 Å². The molecule has 1 aromatic carbocycles. The van der Waals surface area contributed by atoms with E-state index in [9.17, 15) is 4.79 Å². The molecule has 0 aromatic heterocycles. The second kappa shape index (κ2) is 6.94. The van der Waals surface area contributed by atoms with Gasteiger partial charge in [0.25, 0.3) is 0 Å². The monoisotopic (exact) mass is 293 g/mol. The summed E-state index contributed by atoms with van der Waals surface area (Å²) in [7, 11) is 0. The summed E-state index contributed by atoms with van der Waals surface area (Å²) >= 11 is 0. The number of aryl methyl sites for hydroxylation is 1. The Hall–Kier alpha value is -1.55. The van der Waals surface area contributed by atoms with Gasteiger partial charge in [-0.05, 0) is 71.7 Å². The van der Waals surface area contributed by atoms with Gasteiger partial charge in [0.15, 0.2) is 5.60 Å². The molecule has 0 saturated heterocycles. The molecule has 4 nitrogen and oxygen atoms in total. The van der Waals surface area contributed by atoms with Crippen molar-refractivity contribution in [2.45, 2.75) is 58.7 Å². The van der Waals surface area contributed by atoms with Crippen LogP contribution in [0.3, 0.4) is 0 Å². The van der Waals surface area contributed by atoms with Crippen LogP contribution in [0.15, 0.2) is 24.3 Å². The van der Waals surface area contributed by atoms with Gasteiger partial charge in [-0.15, -0.1) is 0 Å². The van der Waals surface area contributed by atoms with Crippen molar-refractivity contribution in [2.24, 2.45) is 5.73 Å². The largest absolute Gasteiger partial charge is 0.476 e. The summed E-state index contributed by atoms with van der Waals surface area (Å²) in [5, 5.41) is 0. The molecule has 0 saturated carbocycles. The van der Waals surface area contributed by atoms with E-state index in [1.54, 1.807) is 13.8 Å². The van der Waals surface area contributed by atoms with Crippen LogP contribution in [0.1, 0.15) is 46.6 Å². The molecule has 0 aliphatic rings. The molecule has 0 aliphatic heterocycles. The molecule has 0 radical (unpaired) electrons. The maximum Gasteiger partial charge on any atom is 0.350 e. The second-order valence-electron chi connectivity index (χ2n) is 6.65. The predicted octanol–water partition coefficient (Wildman–Crippen LogP) is 3.08. The van der Waals surface area contributed by atoms with E-state index < -0.39 is 11.2 Å². The van der Waals surface area contributed by atoms with Crippen molar-refractivity contribution in [3.63, 3.8) is 0 Å². The molecule has 0 bridgehead atoms. The number of hydrogen-bond donors (Lipinski definition) is 1. The Morgan fingerprint density at radius 2 is 1.67 bits per heavy atom. The first-order valence-corrected chi connectivity index (χ1v) is 7.35. The van der Waals surface area contributed by atoms with Gasteiger partial charge in [-0.3, -0.25) is 0 Å². The smallest absolute Gasteiger partial charge is 0.350 e. The van der Waals surface area contributed by atoms with Crippen LogP contribution in [-0.4, -0.2) is 23.7 Å². The normalized spacial score (nSPS) is 12.1. The Labute approximate surface area is 127 Å². The van der Waals surface area contributed by atoms with E-state index in [0.717, 1.165) is 12.8 Å². The van der Waals surface area contributed by atoms with E-state index in [0.29, 0.717) is 12.3 Å². The maximum absolute atomic E-state index is 12.1. The zero-order chi connectivity index (χ0) is 16.1. The van der Waals surface area contributed by atoms with Crippen LogP contribution in [0, 0.1) is 0 Å². The van der Waals surface area contributed by atoms with E-state index in [1.165, 1.54) is 5.56 Å². The summed E-state index contributed by atoms with van der Waals surface area (Å²) in [6.07, 6.45) is 1.91. The van der Waals surface area contributed by atoms with Crippen molar-refractivity contribution in [3.05, 3.63) is 29.8 Å². The molecule has 0 fully saturated rings. The van der Waals surface area contributed by atoms with Gasteiger partial charge < -0.3 is 15.2 Å². The number of carbonyl (C=O) groups is 1. The third kappa shape index (κ3) is 6.17. The van der Waals surface area contributed by atoms with Crippen molar-refractivity contribution < 1.29 is 14.3 Å². The van der Waals surface area contributed by atoms with Gasteiger partial charge >= 0.3 is 5.97 Å². The molecular formula is C17H27NO3. The van der Waals surface area contributed by atoms with Gasteiger partial charge in [0, 0.05) is 0 Å². The average Bonchev–Trinajstić information content (AvgIpc) is 2.35. The fourth-order valence-electron chi connectivity index (χ4n) is 1.77. The second-order valence-corrected chi connectivity index (χ2v) is 6.65. The zero-order valence-electron chi connectivity index (χ0n) is 13.7. The van der Waals surface area contributed by atoms with E-state index >= 15 is 0 Å². The standard InChI is InChI=1S/C17H27NO3/c1-16(2,3)21-15(19)17(4,5)20-14-10-8-13(9-11-14)7-6-12-18/h8-11H,6-7,12,18H2,1-5H3. The molecular weight excluding hydrogens is 266 g/mol. The van der Waals surface area contributed by atoms with E-state index in [4.69, 9.17) is 15.2 Å². The molecule has 21 heavy (non-hydrogen) atoms. The molecule has 2 N–H and O–H groups in total. The first-order valence-electron chi connectivity index (χ1n) is 7.35. The van der Waals surface area contributed by atoms with Crippen LogP contribution in [0.2, 0.25) is 0 Å². The van der Waals surface area contributed by atoms with Gasteiger partial charge in [0.1, 0.15) is 11.4 Å². The van der Waals surface area contributed by atoms with Crippen LogP contribution >= 0.6 is 0 Å². The van der Waals surface area contributed by atoms with Crippen LogP contribution in [-0.2, 0) is 16.0 Å². The number of esters is 1. The van der Waals surface area contributed by atoms with Crippen LogP contribution < -0.4 is 10.5 Å². The quantitative estimate of drug-likeness (QED) is 0.819. The average molecular weight is 293 g/mol. The lowest BCUT2D eigenvalue weighted by Gasteiger charge is -2.29. The van der Waals surface area contributed by atoms with Crippen molar-refractivity contribution in [3.8, 4) is 5.75 Å². The van der Waals surface area contributed by atoms with Gasteiger partial charge in [0.2, 0.25) is 0 Å². The highest BCUT2D eigenvalue weighted by molar-refractivity contribution is 5.79. The molecule has 0 heterocycles. The summed E-state index contributed by atoms with van der Waals surface area (Å²) in [6.45, 7) is 9.63. The number of carbonyl (C=O) groups excluding carboxylic acids is 1. The Morgan fingerprint density at radius 1 is 1.10 bits per heavy atom. The lowest BCUT2D eigenvalue weighted by atomic mass is 10.1. The van der Waals surface area contributed by atoms with Gasteiger partial charge in [-0.2, -0.15) is 0 Å². The van der Waals surface area contributed by atoms with Gasteiger partial charge in [-0.1, -0.05) is 12.1 Å². The van der Waals surface area contributed by atoms with E-state index in [2.05, 4.69) is 0 Å². The van der Waals surface area contributed by atoms with Crippen molar-refractivity contribution in [1.82, 2.24) is 0 Å². The topological polar surface area (TPSA) is 61.5 Å². The Kier molecular flexibility index (Phi) is 5.78. The summed E-state index contributed by atoms with van der Waals surface area (Å²) < 4.78 is 11.1. The fourth-order valence-corrected chi connectivity index (χ4v) is 1.77. The fraction of sp³-hybridized carbons (Fsp3) is 0.588. The number of ether oxygens (including phenoxy) is 2. The number of rotatable bonds is 6. The third-order valence-corrected chi connectivity index (χ3v) is 2.86. The van der Waals surface area contributed by atoms with Gasteiger partial charge in [0.05, 0.1) is 0 Å². The summed E-state index contributed by atoms with van der Waals surface area (Å²) in [5.74, 6) is 0.282. The number of hydrogen-bond acceptors (Lipinski definition) is 4.